The lowest BCUT2D eigenvalue weighted by molar-refractivity contribution is 0.0673. The van der Waals surface area contributed by atoms with Gasteiger partial charge in [0, 0.05) is 35.7 Å². The number of nitrogens with two attached hydrogens (primary N) is 1. The minimum atomic E-state index is 0.148. The fourth-order valence-electron chi connectivity index (χ4n) is 3.17. The Bertz CT molecular complexity index is 713. The first kappa shape index (κ1) is 16.9. The molecule has 2 N–H and O–H groups in total. The molecule has 1 aliphatic rings. The summed E-state index contributed by atoms with van der Waals surface area (Å²) in [6.07, 6.45) is 6.19. The van der Waals surface area contributed by atoms with Crippen LogP contribution < -0.4 is 5.73 Å². The van der Waals surface area contributed by atoms with Crippen molar-refractivity contribution in [1.82, 2.24) is 14.9 Å². The zero-order valence-electron chi connectivity index (χ0n) is 14.2. The Morgan fingerprint density at radius 2 is 2.21 bits per heavy atom. The highest BCUT2D eigenvalue weighted by molar-refractivity contribution is 7.10. The van der Waals surface area contributed by atoms with E-state index in [0.29, 0.717) is 17.7 Å². The number of carbonyl (C=O) groups excluding carboxylic acids is 1. The molecule has 1 fully saturated rings. The number of likely N-dealkylation sites (tertiary alicyclic amines) is 1. The monoisotopic (exact) mass is 344 g/mol. The van der Waals surface area contributed by atoms with Crippen molar-refractivity contribution in [2.75, 3.05) is 18.8 Å². The van der Waals surface area contributed by atoms with Crippen LogP contribution in [-0.4, -0.2) is 33.9 Å². The Balaban J connectivity index is 1.66. The summed E-state index contributed by atoms with van der Waals surface area (Å²) in [7, 11) is 0. The Morgan fingerprint density at radius 3 is 2.92 bits per heavy atom. The number of hydrogen-bond donors (Lipinski definition) is 1. The number of nitrogen functional groups attached to an aromatic ring is 1. The number of aromatic nitrogens is 2. The van der Waals surface area contributed by atoms with E-state index < -0.39 is 0 Å². The summed E-state index contributed by atoms with van der Waals surface area (Å²) in [5.74, 6) is 1.51. The molecular formula is C18H24N4OS. The van der Waals surface area contributed by atoms with Crippen molar-refractivity contribution in [2.24, 2.45) is 5.92 Å². The van der Waals surface area contributed by atoms with E-state index in [2.05, 4.69) is 23.8 Å². The summed E-state index contributed by atoms with van der Waals surface area (Å²) < 4.78 is 0. The zero-order valence-corrected chi connectivity index (χ0v) is 15.1. The molecule has 3 heterocycles. The molecular weight excluding hydrogens is 320 g/mol. The van der Waals surface area contributed by atoms with E-state index in [1.807, 2.05) is 16.3 Å². The maximum atomic E-state index is 12.8. The first-order valence-electron chi connectivity index (χ1n) is 8.47. The van der Waals surface area contributed by atoms with Gasteiger partial charge in [-0.2, -0.15) is 0 Å². The number of thiophene rings is 1. The van der Waals surface area contributed by atoms with Crippen LogP contribution in [0, 0.1) is 5.92 Å². The van der Waals surface area contributed by atoms with Gasteiger partial charge in [-0.05, 0) is 37.2 Å². The number of rotatable bonds is 4. The van der Waals surface area contributed by atoms with Crippen molar-refractivity contribution in [2.45, 2.75) is 39.0 Å². The van der Waals surface area contributed by atoms with Gasteiger partial charge in [-0.25, -0.2) is 4.98 Å². The Kier molecular flexibility index (Phi) is 5.14. The van der Waals surface area contributed by atoms with Crippen LogP contribution in [-0.2, 0) is 6.42 Å². The van der Waals surface area contributed by atoms with Crippen molar-refractivity contribution in [1.29, 1.82) is 0 Å². The molecule has 24 heavy (non-hydrogen) atoms. The van der Waals surface area contributed by atoms with Gasteiger partial charge in [0.15, 0.2) is 0 Å². The Morgan fingerprint density at radius 1 is 1.42 bits per heavy atom. The third-order valence-electron chi connectivity index (χ3n) is 4.53. The second-order valence-electron chi connectivity index (χ2n) is 6.74. The van der Waals surface area contributed by atoms with Crippen LogP contribution in [0.25, 0.3) is 0 Å². The molecule has 1 aliphatic heterocycles. The summed E-state index contributed by atoms with van der Waals surface area (Å²) in [5, 5.41) is 1.99. The van der Waals surface area contributed by atoms with Gasteiger partial charge in [0.05, 0.1) is 11.3 Å². The highest BCUT2D eigenvalue weighted by Gasteiger charge is 2.26. The summed E-state index contributed by atoms with van der Waals surface area (Å²) in [5.41, 5.74) is 7.57. The number of piperidine rings is 1. The molecule has 0 saturated carbocycles. The number of amides is 1. The van der Waals surface area contributed by atoms with Crippen LogP contribution >= 0.6 is 11.3 Å². The van der Waals surface area contributed by atoms with Crippen molar-refractivity contribution in [3.05, 3.63) is 40.0 Å². The maximum Gasteiger partial charge on any atom is 0.254 e. The van der Waals surface area contributed by atoms with Gasteiger partial charge in [0.2, 0.25) is 0 Å². The zero-order chi connectivity index (χ0) is 17.1. The molecule has 5 nitrogen and oxygen atoms in total. The molecule has 1 atom stereocenters. The molecule has 0 bridgehead atoms. The molecule has 0 radical (unpaired) electrons. The lowest BCUT2D eigenvalue weighted by Crippen LogP contribution is -2.40. The maximum absolute atomic E-state index is 12.8. The lowest BCUT2D eigenvalue weighted by Gasteiger charge is -2.32. The topological polar surface area (TPSA) is 72.1 Å². The van der Waals surface area contributed by atoms with Crippen LogP contribution in [0.5, 0.6) is 0 Å². The van der Waals surface area contributed by atoms with E-state index in [1.54, 1.807) is 23.7 Å². The largest absolute Gasteiger partial charge is 0.382 e. The third-order valence-corrected chi connectivity index (χ3v) is 5.76. The second-order valence-corrected chi connectivity index (χ2v) is 7.69. The van der Waals surface area contributed by atoms with E-state index >= 15 is 0 Å². The molecule has 3 rings (SSSR count). The SMILES string of the molecule is CC(C)c1cc(C(=O)N2CCCC(Cc3nccnc3N)C2)cs1. The van der Waals surface area contributed by atoms with Gasteiger partial charge in [0.25, 0.3) is 5.91 Å². The van der Waals surface area contributed by atoms with Crippen LogP contribution in [0.4, 0.5) is 5.82 Å². The van der Waals surface area contributed by atoms with Crippen molar-refractivity contribution >= 4 is 23.1 Å². The molecule has 0 spiro atoms. The Hall–Kier alpha value is -1.95. The van der Waals surface area contributed by atoms with E-state index in [1.165, 1.54) is 4.88 Å². The van der Waals surface area contributed by atoms with Crippen LogP contribution in [0.15, 0.2) is 23.8 Å². The summed E-state index contributed by atoms with van der Waals surface area (Å²) in [6.45, 7) is 5.91. The number of carbonyl (C=O) groups is 1. The van der Waals surface area contributed by atoms with Gasteiger partial charge in [0.1, 0.15) is 5.82 Å². The van der Waals surface area contributed by atoms with Crippen molar-refractivity contribution in [3.8, 4) is 0 Å². The number of hydrogen-bond acceptors (Lipinski definition) is 5. The summed E-state index contributed by atoms with van der Waals surface area (Å²) in [4.78, 5) is 24.5. The smallest absolute Gasteiger partial charge is 0.254 e. The first-order chi connectivity index (χ1) is 11.5. The summed E-state index contributed by atoms with van der Waals surface area (Å²) >= 11 is 1.67. The molecule has 2 aromatic heterocycles. The van der Waals surface area contributed by atoms with Crippen molar-refractivity contribution in [3.63, 3.8) is 0 Å². The van der Waals surface area contributed by atoms with E-state index in [0.717, 1.165) is 43.6 Å². The fourth-order valence-corrected chi connectivity index (χ4v) is 4.07. The van der Waals surface area contributed by atoms with E-state index in [-0.39, 0.29) is 5.91 Å². The molecule has 128 valence electrons. The average Bonchev–Trinajstić information content (AvgIpc) is 3.07. The predicted octanol–water partition coefficient (Wildman–Crippen LogP) is 3.34. The number of nitrogens with zero attached hydrogens (tertiary/aromatic N) is 3. The fraction of sp³-hybridized carbons (Fsp3) is 0.500. The normalized spacial score (nSPS) is 18.1. The molecule has 1 amide bonds. The molecule has 1 saturated heterocycles. The van der Waals surface area contributed by atoms with E-state index in [4.69, 9.17) is 5.73 Å². The first-order valence-corrected chi connectivity index (χ1v) is 9.35. The van der Waals surface area contributed by atoms with Crippen molar-refractivity contribution < 1.29 is 4.79 Å². The molecule has 0 aliphatic carbocycles. The molecule has 1 unspecified atom stereocenters. The minimum absolute atomic E-state index is 0.148. The van der Waals surface area contributed by atoms with E-state index in [9.17, 15) is 4.79 Å². The molecule has 2 aromatic rings. The lowest BCUT2D eigenvalue weighted by atomic mass is 9.93. The van der Waals surface area contributed by atoms with Gasteiger partial charge < -0.3 is 10.6 Å². The quantitative estimate of drug-likeness (QED) is 0.923. The standard InChI is InChI=1S/C18H24N4OS/c1-12(2)16-9-14(11-24-16)18(23)22-7-3-4-13(10-22)8-15-17(19)21-6-5-20-15/h5-6,9,11-13H,3-4,7-8,10H2,1-2H3,(H2,19,21). The highest BCUT2D eigenvalue weighted by atomic mass is 32.1. The summed E-state index contributed by atoms with van der Waals surface area (Å²) in [6, 6.07) is 2.04. The Labute approximate surface area is 146 Å². The van der Waals surface area contributed by atoms with Gasteiger partial charge in [-0.1, -0.05) is 13.8 Å². The second kappa shape index (κ2) is 7.30. The van der Waals surface area contributed by atoms with Gasteiger partial charge in [-0.3, -0.25) is 9.78 Å². The van der Waals surface area contributed by atoms with Crippen LogP contribution in [0.3, 0.4) is 0 Å². The van der Waals surface area contributed by atoms with Crippen LogP contribution in [0.1, 0.15) is 53.5 Å². The van der Waals surface area contributed by atoms with Crippen LogP contribution in [0.2, 0.25) is 0 Å². The molecule has 6 heteroatoms. The highest BCUT2D eigenvalue weighted by Crippen LogP contribution is 2.26. The molecule has 0 aromatic carbocycles. The predicted molar refractivity (Wildman–Crippen MR) is 97.2 cm³/mol. The third kappa shape index (κ3) is 3.75. The average molecular weight is 344 g/mol. The number of anilines is 1. The minimum Gasteiger partial charge on any atom is -0.382 e. The van der Waals surface area contributed by atoms with Gasteiger partial charge >= 0.3 is 0 Å². The van der Waals surface area contributed by atoms with Gasteiger partial charge in [-0.15, -0.1) is 11.3 Å².